The molecule has 0 atom stereocenters. The van der Waals surface area contributed by atoms with Crippen LogP contribution in [-0.4, -0.2) is 6.29 Å². The second kappa shape index (κ2) is 3.97. The first-order chi connectivity index (χ1) is 8.19. The zero-order chi connectivity index (χ0) is 11.9. The van der Waals surface area contributed by atoms with E-state index in [1.54, 1.807) is 0 Å². The summed E-state index contributed by atoms with van der Waals surface area (Å²) < 4.78 is 0. The Morgan fingerprint density at radius 1 is 1.18 bits per heavy atom. The van der Waals surface area contributed by atoms with Gasteiger partial charge in [0.15, 0.2) is 0 Å². The van der Waals surface area contributed by atoms with Gasteiger partial charge in [-0.25, -0.2) is 0 Å². The van der Waals surface area contributed by atoms with Crippen LogP contribution in [0.15, 0.2) is 24.3 Å². The normalized spacial score (nSPS) is 35.1. The minimum atomic E-state index is 0.757. The van der Waals surface area contributed by atoms with Crippen LogP contribution in [0.3, 0.4) is 0 Å². The van der Waals surface area contributed by atoms with Gasteiger partial charge in [0, 0.05) is 5.56 Å². The highest BCUT2D eigenvalue weighted by molar-refractivity contribution is 5.74. The van der Waals surface area contributed by atoms with Gasteiger partial charge in [0.1, 0.15) is 6.29 Å². The molecule has 0 saturated heterocycles. The van der Waals surface area contributed by atoms with Gasteiger partial charge < -0.3 is 0 Å². The number of aldehydes is 1. The van der Waals surface area contributed by atoms with Gasteiger partial charge in [0.25, 0.3) is 0 Å². The molecule has 0 unspecified atom stereocenters. The van der Waals surface area contributed by atoms with Gasteiger partial charge in [-0.3, -0.25) is 4.79 Å². The van der Waals surface area contributed by atoms with E-state index in [1.165, 1.54) is 37.7 Å². The van der Waals surface area contributed by atoms with Crippen LogP contribution >= 0.6 is 0 Å². The van der Waals surface area contributed by atoms with Crippen LogP contribution in [0.5, 0.6) is 0 Å². The minimum Gasteiger partial charge on any atom is -0.298 e. The highest BCUT2D eigenvalue weighted by Gasteiger charge is 2.50. The Labute approximate surface area is 103 Å². The molecular formula is C16H20O. The minimum absolute atomic E-state index is 0.757. The molecule has 1 aromatic rings. The lowest BCUT2D eigenvalue weighted by Gasteiger charge is -2.57. The van der Waals surface area contributed by atoms with Crippen molar-refractivity contribution < 1.29 is 4.79 Å². The van der Waals surface area contributed by atoms with E-state index in [9.17, 15) is 4.79 Å². The first-order valence-electron chi connectivity index (χ1n) is 6.73. The average molecular weight is 228 g/mol. The van der Waals surface area contributed by atoms with Gasteiger partial charge in [-0.2, -0.15) is 0 Å². The van der Waals surface area contributed by atoms with E-state index in [4.69, 9.17) is 0 Å². The Morgan fingerprint density at radius 2 is 1.82 bits per heavy atom. The van der Waals surface area contributed by atoms with Gasteiger partial charge in [-0.15, -0.1) is 0 Å². The lowest BCUT2D eigenvalue weighted by atomic mass is 9.48. The highest BCUT2D eigenvalue weighted by atomic mass is 16.1. The largest absolute Gasteiger partial charge is 0.298 e. The summed E-state index contributed by atoms with van der Waals surface area (Å²) in [4.78, 5) is 10.6. The summed E-state index contributed by atoms with van der Waals surface area (Å²) in [5, 5.41) is 0. The average Bonchev–Trinajstić information content (AvgIpc) is 2.25. The van der Waals surface area contributed by atoms with Crippen molar-refractivity contribution in [1.82, 2.24) is 0 Å². The molecule has 2 aliphatic rings. The molecule has 1 aromatic carbocycles. The summed E-state index contributed by atoms with van der Waals surface area (Å²) in [6.07, 6.45) is 7.92. The van der Waals surface area contributed by atoms with Gasteiger partial charge in [-0.1, -0.05) is 31.2 Å². The predicted octanol–water partition coefficient (Wildman–Crippen LogP) is 3.87. The van der Waals surface area contributed by atoms with E-state index >= 15 is 0 Å². The van der Waals surface area contributed by atoms with Crippen LogP contribution in [0.2, 0.25) is 0 Å². The Hall–Kier alpha value is -1.11. The third-order valence-corrected chi connectivity index (χ3v) is 4.65. The monoisotopic (exact) mass is 228 g/mol. The summed E-state index contributed by atoms with van der Waals surface area (Å²) in [6.45, 7) is 2.37. The van der Waals surface area contributed by atoms with Crippen molar-refractivity contribution in [3.63, 3.8) is 0 Å². The van der Waals surface area contributed by atoms with Gasteiger partial charge in [0.05, 0.1) is 0 Å². The van der Waals surface area contributed by atoms with Crippen molar-refractivity contribution in [3.8, 4) is 0 Å². The van der Waals surface area contributed by atoms with Crippen LogP contribution in [-0.2, 0) is 6.42 Å². The van der Waals surface area contributed by atoms with E-state index < -0.39 is 0 Å². The Morgan fingerprint density at radius 3 is 2.35 bits per heavy atom. The summed E-state index contributed by atoms with van der Waals surface area (Å²) in [5.74, 6) is 1.87. The van der Waals surface area contributed by atoms with Crippen molar-refractivity contribution in [2.75, 3.05) is 0 Å². The number of rotatable bonds is 3. The first-order valence-corrected chi connectivity index (χ1v) is 6.73. The maximum Gasteiger partial charge on any atom is 0.150 e. The molecule has 0 N–H and O–H groups in total. The molecule has 1 nitrogen and oxygen atoms in total. The number of carbonyl (C=O) groups excluding carboxylic acids is 1. The van der Waals surface area contributed by atoms with Crippen LogP contribution in [0.25, 0.3) is 0 Å². The fraction of sp³-hybridized carbons (Fsp3) is 0.562. The molecule has 0 bridgehead atoms. The maximum atomic E-state index is 10.6. The molecule has 0 aromatic heterocycles. The third-order valence-electron chi connectivity index (χ3n) is 4.65. The highest BCUT2D eigenvalue weighted by Crippen LogP contribution is 2.61. The zero-order valence-electron chi connectivity index (χ0n) is 10.5. The third kappa shape index (κ3) is 2.03. The van der Waals surface area contributed by atoms with E-state index in [2.05, 4.69) is 19.1 Å². The zero-order valence-corrected chi connectivity index (χ0v) is 10.5. The molecular weight excluding hydrogens is 208 g/mol. The molecule has 2 saturated carbocycles. The van der Waals surface area contributed by atoms with E-state index in [1.807, 2.05) is 12.1 Å². The quantitative estimate of drug-likeness (QED) is 0.718. The van der Waals surface area contributed by atoms with Crippen molar-refractivity contribution in [1.29, 1.82) is 0 Å². The maximum absolute atomic E-state index is 10.6. The molecule has 1 spiro atoms. The van der Waals surface area contributed by atoms with E-state index in [0.29, 0.717) is 0 Å². The summed E-state index contributed by atoms with van der Waals surface area (Å²) in [7, 11) is 0. The molecule has 2 aliphatic carbocycles. The van der Waals surface area contributed by atoms with Gasteiger partial charge in [-0.05, 0) is 54.9 Å². The molecule has 0 aliphatic heterocycles. The molecule has 0 amide bonds. The van der Waals surface area contributed by atoms with Gasteiger partial charge in [0.2, 0.25) is 0 Å². The van der Waals surface area contributed by atoms with Crippen molar-refractivity contribution in [2.24, 2.45) is 17.3 Å². The Balaban J connectivity index is 1.53. The fourth-order valence-electron chi connectivity index (χ4n) is 4.13. The van der Waals surface area contributed by atoms with Crippen LogP contribution in [0, 0.1) is 17.3 Å². The number of hydrogen-bond acceptors (Lipinski definition) is 1. The molecule has 90 valence electrons. The predicted molar refractivity (Wildman–Crippen MR) is 69.1 cm³/mol. The molecule has 1 heteroatoms. The first kappa shape index (κ1) is 11.0. The molecule has 0 heterocycles. The number of hydrogen-bond donors (Lipinski definition) is 0. The van der Waals surface area contributed by atoms with E-state index in [-0.39, 0.29) is 0 Å². The second-order valence-electron chi connectivity index (χ2n) is 6.35. The summed E-state index contributed by atoms with van der Waals surface area (Å²) >= 11 is 0. The van der Waals surface area contributed by atoms with Crippen LogP contribution in [0.1, 0.15) is 48.5 Å². The lowest BCUT2D eigenvalue weighted by molar-refractivity contribution is -0.0611. The van der Waals surface area contributed by atoms with Crippen LogP contribution in [0.4, 0.5) is 0 Å². The Bertz CT molecular complexity index is 404. The lowest BCUT2D eigenvalue weighted by Crippen LogP contribution is -2.47. The smallest absolute Gasteiger partial charge is 0.150 e. The molecule has 3 rings (SSSR count). The molecule has 17 heavy (non-hydrogen) atoms. The number of benzene rings is 1. The molecule has 0 radical (unpaired) electrons. The second-order valence-corrected chi connectivity index (χ2v) is 6.35. The van der Waals surface area contributed by atoms with Crippen LogP contribution < -0.4 is 0 Å². The number of carbonyl (C=O) groups is 1. The SMILES string of the molecule is CC1CC2(C1)CC(Cc1ccc(C=O)cc1)C2. The van der Waals surface area contributed by atoms with Crippen molar-refractivity contribution in [2.45, 2.75) is 39.0 Å². The van der Waals surface area contributed by atoms with E-state index in [0.717, 1.165) is 29.1 Å². The summed E-state index contributed by atoms with van der Waals surface area (Å²) in [6, 6.07) is 8.08. The topological polar surface area (TPSA) is 17.1 Å². The molecule has 2 fully saturated rings. The Kier molecular flexibility index (Phi) is 2.57. The van der Waals surface area contributed by atoms with Gasteiger partial charge >= 0.3 is 0 Å². The summed E-state index contributed by atoms with van der Waals surface area (Å²) in [5.41, 5.74) is 2.93. The fourth-order valence-corrected chi connectivity index (χ4v) is 4.13. The van der Waals surface area contributed by atoms with Crippen molar-refractivity contribution >= 4 is 6.29 Å². The standard InChI is InChI=1S/C16H20O/c1-12-7-16(8-12)9-15(10-16)6-13-2-4-14(11-17)5-3-13/h2-5,11-12,15H,6-10H2,1H3. The van der Waals surface area contributed by atoms with Crippen molar-refractivity contribution in [3.05, 3.63) is 35.4 Å².